The van der Waals surface area contributed by atoms with E-state index < -0.39 is 5.97 Å². The predicted molar refractivity (Wildman–Crippen MR) is 98.7 cm³/mol. The van der Waals surface area contributed by atoms with Gasteiger partial charge in [0.25, 0.3) is 0 Å². The van der Waals surface area contributed by atoms with Gasteiger partial charge in [0.2, 0.25) is 0 Å². The minimum atomic E-state index is -0.442. The van der Waals surface area contributed by atoms with Crippen LogP contribution in [0.3, 0.4) is 0 Å². The predicted octanol–water partition coefficient (Wildman–Crippen LogP) is 3.55. The Morgan fingerprint density at radius 2 is 1.88 bits per heavy atom. The van der Waals surface area contributed by atoms with E-state index in [2.05, 4.69) is 4.98 Å². The van der Waals surface area contributed by atoms with Gasteiger partial charge in [-0.05, 0) is 44.5 Å². The van der Waals surface area contributed by atoms with Crippen LogP contribution in [-0.2, 0) is 4.74 Å². The highest BCUT2D eigenvalue weighted by molar-refractivity contribution is 8.00. The quantitative estimate of drug-likeness (QED) is 0.489. The van der Waals surface area contributed by atoms with Crippen molar-refractivity contribution in [2.75, 3.05) is 20.3 Å². The van der Waals surface area contributed by atoms with Gasteiger partial charge in [-0.3, -0.25) is 4.79 Å². The van der Waals surface area contributed by atoms with Crippen molar-refractivity contribution in [1.82, 2.24) is 4.98 Å². The lowest BCUT2D eigenvalue weighted by Crippen LogP contribution is -2.16. The molecule has 1 atom stereocenters. The number of aromatic amines is 1. The molecule has 3 rings (SSSR count). The zero-order valence-corrected chi connectivity index (χ0v) is 16.0. The highest BCUT2D eigenvalue weighted by Crippen LogP contribution is 2.36. The van der Waals surface area contributed by atoms with Crippen molar-refractivity contribution in [2.45, 2.75) is 30.9 Å². The number of hydrogen-bond donors (Lipinski definition) is 1. The minimum Gasteiger partial charge on any atom is -0.486 e. The Kier molecular flexibility index (Phi) is 5.27. The molecule has 0 amide bonds. The standard InChI is InChI=1S/C19H21NO5S/c1-10-16(19(22)23-4)11(2)20-17(10)18(21)12(3)26-13-5-6-14-15(9-13)25-8-7-24-14/h5-6,9,12,20H,7-8H2,1-4H3. The van der Waals surface area contributed by atoms with Crippen LogP contribution in [-0.4, -0.2) is 42.3 Å². The number of rotatable bonds is 5. The molecule has 0 aliphatic carbocycles. The molecule has 2 aromatic rings. The third-order valence-corrected chi connectivity index (χ3v) is 5.36. The Labute approximate surface area is 156 Å². The number of ketones is 1. The van der Waals surface area contributed by atoms with Gasteiger partial charge in [-0.25, -0.2) is 4.79 Å². The molecule has 1 N–H and O–H groups in total. The normalized spacial score (nSPS) is 14.0. The van der Waals surface area contributed by atoms with Crippen molar-refractivity contribution in [3.8, 4) is 11.5 Å². The van der Waals surface area contributed by atoms with E-state index in [1.54, 1.807) is 13.8 Å². The average Bonchev–Trinajstić information content (AvgIpc) is 2.94. The lowest BCUT2D eigenvalue weighted by atomic mass is 10.1. The summed E-state index contributed by atoms with van der Waals surface area (Å²) in [7, 11) is 1.33. The van der Waals surface area contributed by atoms with E-state index in [1.165, 1.54) is 18.9 Å². The summed E-state index contributed by atoms with van der Waals surface area (Å²) in [5, 5.41) is -0.334. The number of thioether (sulfide) groups is 1. The number of hydrogen-bond acceptors (Lipinski definition) is 6. The zero-order valence-electron chi connectivity index (χ0n) is 15.2. The van der Waals surface area contributed by atoms with Crippen molar-refractivity contribution in [1.29, 1.82) is 0 Å². The fourth-order valence-corrected chi connectivity index (χ4v) is 3.92. The van der Waals surface area contributed by atoms with Gasteiger partial charge in [0.15, 0.2) is 17.3 Å². The second-order valence-corrected chi connectivity index (χ2v) is 7.46. The number of nitrogens with one attached hydrogen (secondary N) is 1. The molecule has 0 radical (unpaired) electrons. The number of Topliss-reactive ketones (excluding diaryl/α,β-unsaturated/α-hetero) is 1. The first-order chi connectivity index (χ1) is 12.4. The van der Waals surface area contributed by atoms with Crippen LogP contribution in [0.25, 0.3) is 0 Å². The largest absolute Gasteiger partial charge is 0.486 e. The van der Waals surface area contributed by atoms with Crippen molar-refractivity contribution >= 4 is 23.5 Å². The van der Waals surface area contributed by atoms with Gasteiger partial charge >= 0.3 is 5.97 Å². The number of carbonyl (C=O) groups is 2. The van der Waals surface area contributed by atoms with Gasteiger partial charge < -0.3 is 19.2 Å². The summed E-state index contributed by atoms with van der Waals surface area (Å²) >= 11 is 1.44. The maximum atomic E-state index is 12.9. The lowest BCUT2D eigenvalue weighted by molar-refractivity contribution is 0.0599. The van der Waals surface area contributed by atoms with Gasteiger partial charge in [0.1, 0.15) is 13.2 Å². The second-order valence-electron chi connectivity index (χ2n) is 6.05. The van der Waals surface area contributed by atoms with Crippen LogP contribution in [0.4, 0.5) is 0 Å². The van der Waals surface area contributed by atoms with E-state index >= 15 is 0 Å². The van der Waals surface area contributed by atoms with E-state index in [9.17, 15) is 9.59 Å². The molecular weight excluding hydrogens is 354 g/mol. The average molecular weight is 375 g/mol. The summed E-state index contributed by atoms with van der Waals surface area (Å²) in [5.74, 6) is 0.905. The first-order valence-corrected chi connectivity index (χ1v) is 9.18. The molecule has 0 saturated heterocycles. The van der Waals surface area contributed by atoms with Crippen LogP contribution in [0.1, 0.15) is 39.0 Å². The van der Waals surface area contributed by atoms with Gasteiger partial charge in [-0.15, -0.1) is 11.8 Å². The number of methoxy groups -OCH3 is 1. The van der Waals surface area contributed by atoms with Crippen molar-refractivity contribution in [3.63, 3.8) is 0 Å². The molecular formula is C19H21NO5S. The Morgan fingerprint density at radius 3 is 2.58 bits per heavy atom. The van der Waals surface area contributed by atoms with Crippen LogP contribution in [0.5, 0.6) is 11.5 Å². The first-order valence-electron chi connectivity index (χ1n) is 8.30. The number of benzene rings is 1. The number of ether oxygens (including phenoxy) is 3. The Morgan fingerprint density at radius 1 is 1.19 bits per heavy atom. The van der Waals surface area contributed by atoms with E-state index in [1.807, 2.05) is 25.1 Å². The molecule has 26 heavy (non-hydrogen) atoms. The maximum Gasteiger partial charge on any atom is 0.339 e. The van der Waals surface area contributed by atoms with Gasteiger partial charge in [-0.2, -0.15) is 0 Å². The summed E-state index contributed by atoms with van der Waals surface area (Å²) in [5.41, 5.74) is 2.12. The van der Waals surface area contributed by atoms with Crippen LogP contribution in [0.2, 0.25) is 0 Å². The Hall–Kier alpha value is -2.41. The summed E-state index contributed by atoms with van der Waals surface area (Å²) in [6.45, 7) is 6.42. The molecule has 0 saturated carbocycles. The number of esters is 1. The third kappa shape index (κ3) is 3.44. The number of carbonyl (C=O) groups excluding carboxylic acids is 2. The summed E-state index contributed by atoms with van der Waals surface area (Å²) < 4.78 is 15.9. The molecule has 1 aliphatic heterocycles. The molecule has 2 heterocycles. The van der Waals surface area contributed by atoms with Gasteiger partial charge in [0, 0.05) is 10.6 Å². The summed E-state index contributed by atoms with van der Waals surface area (Å²) in [4.78, 5) is 28.7. The van der Waals surface area contributed by atoms with Gasteiger partial charge in [-0.1, -0.05) is 0 Å². The molecule has 6 nitrogen and oxygen atoms in total. The number of aromatic nitrogens is 1. The second kappa shape index (κ2) is 7.45. The number of aryl methyl sites for hydroxylation is 1. The highest BCUT2D eigenvalue weighted by atomic mass is 32.2. The molecule has 0 bridgehead atoms. The van der Waals surface area contributed by atoms with Crippen LogP contribution in [0.15, 0.2) is 23.1 Å². The number of fused-ring (bicyclic) bond motifs is 1. The highest BCUT2D eigenvalue weighted by Gasteiger charge is 2.26. The van der Waals surface area contributed by atoms with Crippen LogP contribution in [0, 0.1) is 13.8 Å². The van der Waals surface area contributed by atoms with Crippen molar-refractivity contribution in [3.05, 3.63) is 40.7 Å². The van der Waals surface area contributed by atoms with Crippen LogP contribution < -0.4 is 9.47 Å². The molecule has 1 aromatic heterocycles. The molecule has 1 unspecified atom stereocenters. The molecule has 1 aromatic carbocycles. The molecule has 7 heteroatoms. The molecule has 0 spiro atoms. The fourth-order valence-electron chi connectivity index (χ4n) is 2.96. The van der Waals surface area contributed by atoms with E-state index in [-0.39, 0.29) is 11.0 Å². The van der Waals surface area contributed by atoms with Crippen LogP contribution >= 0.6 is 11.8 Å². The van der Waals surface area contributed by atoms with Crippen molar-refractivity contribution < 1.29 is 23.8 Å². The maximum absolute atomic E-state index is 12.9. The third-order valence-electron chi connectivity index (χ3n) is 4.27. The Balaban J connectivity index is 1.79. The van der Waals surface area contributed by atoms with E-state index in [0.29, 0.717) is 41.5 Å². The number of H-pyrrole nitrogens is 1. The monoisotopic (exact) mass is 375 g/mol. The summed E-state index contributed by atoms with van der Waals surface area (Å²) in [6, 6.07) is 5.65. The zero-order chi connectivity index (χ0) is 18.8. The summed E-state index contributed by atoms with van der Waals surface area (Å²) in [6.07, 6.45) is 0. The smallest absolute Gasteiger partial charge is 0.339 e. The fraction of sp³-hybridized carbons (Fsp3) is 0.368. The van der Waals surface area contributed by atoms with Gasteiger partial charge in [0.05, 0.1) is 23.6 Å². The van der Waals surface area contributed by atoms with E-state index in [4.69, 9.17) is 14.2 Å². The minimum absolute atomic E-state index is 0.0688. The molecule has 0 fully saturated rings. The SMILES string of the molecule is COC(=O)c1c(C)[nH]c(C(=O)C(C)Sc2ccc3c(c2)OCCO3)c1C. The van der Waals surface area contributed by atoms with E-state index in [0.717, 1.165) is 10.6 Å². The molecule has 138 valence electrons. The lowest BCUT2D eigenvalue weighted by Gasteiger charge is -2.19. The first kappa shape index (κ1) is 18.4. The van der Waals surface area contributed by atoms with Crippen molar-refractivity contribution in [2.24, 2.45) is 0 Å². The Bertz CT molecular complexity index is 858. The molecule has 1 aliphatic rings. The topological polar surface area (TPSA) is 77.6 Å².